The third-order valence-electron chi connectivity index (χ3n) is 4.30. The van der Waals surface area contributed by atoms with Gasteiger partial charge in [-0.2, -0.15) is 0 Å². The maximum Gasteiger partial charge on any atom is 0.248 e. The molecule has 0 bridgehead atoms. The number of carbonyl (C=O) groups is 2. The van der Waals surface area contributed by atoms with Crippen LogP contribution in [0.2, 0.25) is 0 Å². The Morgan fingerprint density at radius 2 is 1.55 bits per heavy atom. The first-order chi connectivity index (χ1) is 13.9. The van der Waals surface area contributed by atoms with Gasteiger partial charge in [-0.15, -0.1) is 0 Å². The van der Waals surface area contributed by atoms with Crippen molar-refractivity contribution in [2.24, 2.45) is 0 Å². The van der Waals surface area contributed by atoms with Gasteiger partial charge in [-0.3, -0.25) is 9.59 Å². The van der Waals surface area contributed by atoms with Crippen molar-refractivity contribution in [1.82, 2.24) is 0 Å². The molecule has 0 saturated heterocycles. The van der Waals surface area contributed by atoms with E-state index in [9.17, 15) is 9.59 Å². The summed E-state index contributed by atoms with van der Waals surface area (Å²) in [7, 11) is 4.60. The van der Waals surface area contributed by atoms with Crippen molar-refractivity contribution in [2.45, 2.75) is 20.3 Å². The Morgan fingerprint density at radius 1 is 0.966 bits per heavy atom. The molecule has 29 heavy (non-hydrogen) atoms. The van der Waals surface area contributed by atoms with Crippen LogP contribution in [-0.2, 0) is 9.59 Å². The molecule has 0 aliphatic rings. The van der Waals surface area contributed by atoms with Crippen LogP contribution in [0.4, 0.5) is 11.4 Å². The lowest BCUT2D eigenvalue weighted by Gasteiger charge is -2.13. The molecule has 0 fully saturated rings. The van der Waals surface area contributed by atoms with Crippen molar-refractivity contribution in [3.63, 3.8) is 0 Å². The molecule has 0 aliphatic heterocycles. The Balaban J connectivity index is 2.18. The maximum absolute atomic E-state index is 12.4. The van der Waals surface area contributed by atoms with Crippen LogP contribution in [-0.4, -0.2) is 33.1 Å². The van der Waals surface area contributed by atoms with Gasteiger partial charge in [-0.05, 0) is 48.4 Å². The monoisotopic (exact) mass is 398 g/mol. The molecule has 2 aromatic carbocycles. The number of hydrogen-bond donors (Lipinski definition) is 2. The fourth-order valence-corrected chi connectivity index (χ4v) is 2.69. The molecular formula is C22H26N2O5. The molecule has 7 heteroatoms. The number of nitrogens with one attached hydrogen (secondary N) is 2. The first kappa shape index (κ1) is 21.8. The first-order valence-corrected chi connectivity index (χ1v) is 9.12. The van der Waals surface area contributed by atoms with Crippen LogP contribution >= 0.6 is 0 Å². The summed E-state index contributed by atoms with van der Waals surface area (Å²) in [5.74, 6) is 1.10. The van der Waals surface area contributed by atoms with Gasteiger partial charge < -0.3 is 24.8 Å². The van der Waals surface area contributed by atoms with E-state index in [0.717, 1.165) is 11.1 Å². The number of anilines is 2. The molecule has 0 unspecified atom stereocenters. The lowest BCUT2D eigenvalue weighted by molar-refractivity contribution is -0.116. The highest BCUT2D eigenvalue weighted by Crippen LogP contribution is 2.38. The summed E-state index contributed by atoms with van der Waals surface area (Å²) in [5.41, 5.74) is 2.79. The quantitative estimate of drug-likeness (QED) is 0.656. The predicted molar refractivity (Wildman–Crippen MR) is 114 cm³/mol. The molecular weight excluding hydrogens is 372 g/mol. The van der Waals surface area contributed by atoms with E-state index in [1.807, 2.05) is 6.92 Å². The summed E-state index contributed by atoms with van der Waals surface area (Å²) in [6.45, 7) is 3.62. The van der Waals surface area contributed by atoms with Crippen LogP contribution in [0.3, 0.4) is 0 Å². The van der Waals surface area contributed by atoms with Crippen LogP contribution in [0.5, 0.6) is 17.2 Å². The number of benzene rings is 2. The SMILES string of the molecule is CCC(=O)Nc1cccc(NC(=O)/C=C\c2cc(OC)c(OC)c(OC)c2)c1C. The van der Waals surface area contributed by atoms with E-state index in [-0.39, 0.29) is 11.8 Å². The van der Waals surface area contributed by atoms with Crippen molar-refractivity contribution in [1.29, 1.82) is 0 Å². The Kier molecular flexibility index (Phi) is 7.65. The van der Waals surface area contributed by atoms with Crippen LogP contribution in [0.1, 0.15) is 24.5 Å². The van der Waals surface area contributed by atoms with Gasteiger partial charge in [0.25, 0.3) is 0 Å². The summed E-state index contributed by atoms with van der Waals surface area (Å²) >= 11 is 0. The molecule has 0 spiro atoms. The van der Waals surface area contributed by atoms with Crippen molar-refractivity contribution < 1.29 is 23.8 Å². The second kappa shape index (κ2) is 10.2. The van der Waals surface area contributed by atoms with Gasteiger partial charge >= 0.3 is 0 Å². The molecule has 0 aliphatic carbocycles. The summed E-state index contributed by atoms with van der Waals surface area (Å²) in [6, 6.07) is 8.85. The molecule has 0 aromatic heterocycles. The lowest BCUT2D eigenvalue weighted by Crippen LogP contribution is -2.13. The fourth-order valence-electron chi connectivity index (χ4n) is 2.69. The topological polar surface area (TPSA) is 85.9 Å². The minimum absolute atomic E-state index is 0.0844. The maximum atomic E-state index is 12.4. The van der Waals surface area contributed by atoms with Gasteiger partial charge in [0.2, 0.25) is 17.6 Å². The standard InChI is InChI=1S/C22H26N2O5/c1-6-20(25)23-16-8-7-9-17(14(16)2)24-21(26)11-10-15-12-18(27-3)22(29-5)19(13-15)28-4/h7-13H,6H2,1-5H3,(H,23,25)(H,24,26)/b11-10-. The molecule has 0 radical (unpaired) electrons. The van der Waals surface area contributed by atoms with Crippen molar-refractivity contribution in [3.05, 3.63) is 47.5 Å². The van der Waals surface area contributed by atoms with Gasteiger partial charge in [-0.1, -0.05) is 13.0 Å². The zero-order chi connectivity index (χ0) is 21.4. The molecule has 2 rings (SSSR count). The summed E-state index contributed by atoms with van der Waals surface area (Å²) in [6.07, 6.45) is 3.45. The highest BCUT2D eigenvalue weighted by atomic mass is 16.5. The second-order valence-electron chi connectivity index (χ2n) is 6.16. The highest BCUT2D eigenvalue weighted by molar-refractivity contribution is 6.03. The number of methoxy groups -OCH3 is 3. The minimum Gasteiger partial charge on any atom is -0.493 e. The van der Waals surface area contributed by atoms with E-state index in [1.54, 1.807) is 43.3 Å². The third kappa shape index (κ3) is 5.51. The Hall–Kier alpha value is -3.48. The van der Waals surface area contributed by atoms with Gasteiger partial charge in [0.05, 0.1) is 21.3 Å². The number of ether oxygens (including phenoxy) is 3. The van der Waals surface area contributed by atoms with E-state index < -0.39 is 0 Å². The van der Waals surface area contributed by atoms with Gasteiger partial charge in [0, 0.05) is 23.9 Å². The first-order valence-electron chi connectivity index (χ1n) is 9.12. The second-order valence-corrected chi connectivity index (χ2v) is 6.16. The largest absolute Gasteiger partial charge is 0.493 e. The van der Waals surface area contributed by atoms with Crippen LogP contribution in [0, 0.1) is 6.92 Å². The number of rotatable bonds is 8. The zero-order valence-corrected chi connectivity index (χ0v) is 17.3. The Labute approximate surface area is 170 Å². The van der Waals surface area contributed by atoms with E-state index in [2.05, 4.69) is 10.6 Å². The van der Waals surface area contributed by atoms with Crippen LogP contribution in [0.15, 0.2) is 36.4 Å². The lowest BCUT2D eigenvalue weighted by atomic mass is 10.1. The number of carbonyl (C=O) groups excluding carboxylic acids is 2. The smallest absolute Gasteiger partial charge is 0.248 e. The average Bonchev–Trinajstić information content (AvgIpc) is 2.73. The molecule has 0 heterocycles. The van der Waals surface area contributed by atoms with E-state index in [0.29, 0.717) is 35.0 Å². The van der Waals surface area contributed by atoms with E-state index in [1.165, 1.54) is 27.4 Å². The van der Waals surface area contributed by atoms with Crippen LogP contribution in [0.25, 0.3) is 6.08 Å². The average molecular weight is 398 g/mol. The normalized spacial score (nSPS) is 10.5. The predicted octanol–water partition coefficient (Wildman–Crippen LogP) is 4.02. The van der Waals surface area contributed by atoms with Crippen molar-refractivity contribution >= 4 is 29.3 Å². The zero-order valence-electron chi connectivity index (χ0n) is 17.3. The van der Waals surface area contributed by atoms with Gasteiger partial charge in [-0.25, -0.2) is 0 Å². The third-order valence-corrected chi connectivity index (χ3v) is 4.30. The molecule has 2 N–H and O–H groups in total. The van der Waals surface area contributed by atoms with Crippen molar-refractivity contribution in [3.8, 4) is 17.2 Å². The molecule has 154 valence electrons. The summed E-state index contributed by atoms with van der Waals surface area (Å²) < 4.78 is 15.9. The van der Waals surface area contributed by atoms with E-state index >= 15 is 0 Å². The van der Waals surface area contributed by atoms with E-state index in [4.69, 9.17) is 14.2 Å². The van der Waals surface area contributed by atoms with Gasteiger partial charge in [0.1, 0.15) is 0 Å². The summed E-state index contributed by atoms with van der Waals surface area (Å²) in [4.78, 5) is 24.0. The van der Waals surface area contributed by atoms with Crippen LogP contribution < -0.4 is 24.8 Å². The molecule has 7 nitrogen and oxygen atoms in total. The number of hydrogen-bond acceptors (Lipinski definition) is 5. The van der Waals surface area contributed by atoms with Gasteiger partial charge in [0.15, 0.2) is 11.5 Å². The van der Waals surface area contributed by atoms with Crippen molar-refractivity contribution in [2.75, 3.05) is 32.0 Å². The number of amides is 2. The minimum atomic E-state index is -0.305. The molecule has 0 saturated carbocycles. The molecule has 2 aromatic rings. The Morgan fingerprint density at radius 3 is 2.07 bits per heavy atom. The Bertz CT molecular complexity index is 896. The molecule has 2 amide bonds. The molecule has 0 atom stereocenters. The summed E-state index contributed by atoms with van der Waals surface area (Å²) in [5, 5.41) is 5.65. The fraction of sp³-hybridized carbons (Fsp3) is 0.273. The highest BCUT2D eigenvalue weighted by Gasteiger charge is 2.12.